The second kappa shape index (κ2) is 13.1. The zero-order chi connectivity index (χ0) is 40.1. The van der Waals surface area contributed by atoms with Crippen molar-refractivity contribution in [2.45, 2.75) is 11.6 Å². The maximum Gasteiger partial charge on any atom is 0.159 e. The molecule has 2 atom stereocenters. The number of rotatable bonds is 4. The summed E-state index contributed by atoms with van der Waals surface area (Å²) in [4.78, 5) is 10.2. The zero-order valence-corrected chi connectivity index (χ0v) is 33.2. The molecule has 0 amide bonds. The van der Waals surface area contributed by atoms with Gasteiger partial charge in [0.2, 0.25) is 0 Å². The highest BCUT2D eigenvalue weighted by atomic mass is 15.2. The monoisotopic (exact) mass is 775 g/mol. The average Bonchev–Trinajstić information content (AvgIpc) is 3.80. The van der Waals surface area contributed by atoms with Gasteiger partial charge in [0.25, 0.3) is 0 Å². The van der Waals surface area contributed by atoms with Crippen LogP contribution in [0.25, 0.3) is 65.7 Å². The van der Waals surface area contributed by atoms with Crippen LogP contribution in [0.2, 0.25) is 0 Å². The summed E-state index contributed by atoms with van der Waals surface area (Å²) in [6.45, 7) is 0. The average molecular weight is 776 g/mol. The van der Waals surface area contributed by atoms with Crippen LogP contribution in [0.1, 0.15) is 45.1 Å². The first-order valence-electron chi connectivity index (χ1n) is 21.1. The van der Waals surface area contributed by atoms with E-state index in [-0.39, 0.29) is 6.17 Å². The van der Waals surface area contributed by atoms with Crippen LogP contribution in [0.4, 0.5) is 0 Å². The van der Waals surface area contributed by atoms with E-state index in [1.807, 2.05) is 24.3 Å². The van der Waals surface area contributed by atoms with Crippen molar-refractivity contribution in [2.24, 2.45) is 9.98 Å². The molecule has 2 unspecified atom stereocenters. The molecule has 13 rings (SSSR count). The van der Waals surface area contributed by atoms with E-state index in [0.717, 1.165) is 33.9 Å². The topological polar surface area (TPSA) is 36.8 Å². The molecule has 0 saturated heterocycles. The van der Waals surface area contributed by atoms with Gasteiger partial charge in [-0.05, 0) is 118 Å². The standard InChI is InChI=1S/C58H37N3/c1-3-16-36(17-4-1)55-59-56(37-18-5-2-6-19-37)61-57(60-55)40-21-15-20-38(32-40)39-30-31-47-45-26-11-13-28-51(45)58(53(47)33-39)52-29-14-12-27-46(52)50-34-48-43-24-9-7-22-41(43)42-23-8-10-25-44(42)49(48)35-54(50)58/h1-35,55H,(H,59,60,61). The molecule has 1 spiro atoms. The Bertz CT molecular complexity index is 3510. The summed E-state index contributed by atoms with van der Waals surface area (Å²) < 4.78 is 0. The highest BCUT2D eigenvalue weighted by Gasteiger charge is 2.52. The Morgan fingerprint density at radius 1 is 0.344 bits per heavy atom. The largest absolute Gasteiger partial charge is 0.344 e. The van der Waals surface area contributed by atoms with Crippen LogP contribution in [-0.2, 0) is 5.41 Å². The summed E-state index contributed by atoms with van der Waals surface area (Å²) in [5, 5.41) is 11.4. The predicted octanol–water partition coefficient (Wildman–Crippen LogP) is 13.7. The van der Waals surface area contributed by atoms with Crippen LogP contribution in [-0.4, -0.2) is 11.7 Å². The van der Waals surface area contributed by atoms with Crippen LogP contribution in [0, 0.1) is 0 Å². The normalized spacial score (nSPS) is 17.1. The highest BCUT2D eigenvalue weighted by Crippen LogP contribution is 2.64. The summed E-state index contributed by atoms with van der Waals surface area (Å²) in [6.07, 6.45) is -0.264. The first kappa shape index (κ1) is 34.0. The van der Waals surface area contributed by atoms with Crippen LogP contribution in [0.15, 0.2) is 222 Å². The van der Waals surface area contributed by atoms with Gasteiger partial charge in [0, 0.05) is 11.1 Å². The van der Waals surface area contributed by atoms with Crippen molar-refractivity contribution >= 4 is 44.0 Å². The minimum absolute atomic E-state index is 0.264. The Hall–Kier alpha value is -7.88. The molecular weight excluding hydrogens is 739 g/mol. The van der Waals surface area contributed by atoms with Crippen molar-refractivity contribution in [3.63, 3.8) is 0 Å². The van der Waals surface area contributed by atoms with E-state index in [1.165, 1.54) is 82.4 Å². The molecule has 1 N–H and O–H groups in total. The molecule has 1 aliphatic heterocycles. The summed E-state index contributed by atoms with van der Waals surface area (Å²) in [5.74, 6) is 1.53. The van der Waals surface area contributed by atoms with Gasteiger partial charge < -0.3 is 5.32 Å². The number of nitrogens with one attached hydrogen (secondary N) is 1. The van der Waals surface area contributed by atoms with Gasteiger partial charge in [-0.15, -0.1) is 0 Å². The van der Waals surface area contributed by atoms with Gasteiger partial charge in [-0.25, -0.2) is 9.98 Å². The van der Waals surface area contributed by atoms with Gasteiger partial charge in [0.05, 0.1) is 5.41 Å². The number of amidine groups is 2. The van der Waals surface area contributed by atoms with Crippen molar-refractivity contribution in [1.29, 1.82) is 0 Å². The van der Waals surface area contributed by atoms with E-state index in [1.54, 1.807) is 0 Å². The molecule has 3 heteroatoms. The summed E-state index contributed by atoms with van der Waals surface area (Å²) in [6, 6.07) is 77.7. The summed E-state index contributed by atoms with van der Waals surface area (Å²) in [5.41, 5.74) is 15.5. The molecular formula is C58H37N3. The van der Waals surface area contributed by atoms with Gasteiger partial charge in [-0.2, -0.15) is 0 Å². The van der Waals surface area contributed by atoms with Gasteiger partial charge in [-0.1, -0.05) is 188 Å². The maximum atomic E-state index is 5.15. The van der Waals surface area contributed by atoms with E-state index in [9.17, 15) is 0 Å². The summed E-state index contributed by atoms with van der Waals surface area (Å²) >= 11 is 0. The van der Waals surface area contributed by atoms with Crippen molar-refractivity contribution in [2.75, 3.05) is 0 Å². The third-order valence-electron chi connectivity index (χ3n) is 13.3. The Balaban J connectivity index is 1.01. The van der Waals surface area contributed by atoms with Crippen molar-refractivity contribution in [3.05, 3.63) is 251 Å². The fourth-order valence-corrected chi connectivity index (χ4v) is 10.7. The van der Waals surface area contributed by atoms with Crippen molar-refractivity contribution in [1.82, 2.24) is 5.32 Å². The second-order valence-corrected chi connectivity index (χ2v) is 16.5. The molecule has 61 heavy (non-hydrogen) atoms. The number of hydrogen-bond donors (Lipinski definition) is 1. The molecule has 284 valence electrons. The molecule has 0 radical (unpaired) electrons. The smallest absolute Gasteiger partial charge is 0.159 e. The van der Waals surface area contributed by atoms with Crippen molar-refractivity contribution < 1.29 is 0 Å². The first-order chi connectivity index (χ1) is 30.2. The molecule has 3 nitrogen and oxygen atoms in total. The first-order valence-corrected chi connectivity index (χ1v) is 21.1. The Kier molecular flexibility index (Phi) is 7.29. The van der Waals surface area contributed by atoms with Crippen molar-refractivity contribution in [3.8, 4) is 33.4 Å². The molecule has 1 heterocycles. The number of nitrogens with zero attached hydrogens (tertiary/aromatic N) is 2. The third-order valence-corrected chi connectivity index (χ3v) is 13.3. The lowest BCUT2D eigenvalue weighted by Crippen LogP contribution is -2.33. The molecule has 2 aliphatic carbocycles. The fourth-order valence-electron chi connectivity index (χ4n) is 10.7. The molecule has 3 aliphatic rings. The quantitative estimate of drug-likeness (QED) is 0.178. The number of aliphatic imine (C=N–C) groups is 2. The van der Waals surface area contributed by atoms with Gasteiger partial charge in [-0.3, -0.25) is 0 Å². The van der Waals surface area contributed by atoms with E-state index < -0.39 is 5.41 Å². The van der Waals surface area contributed by atoms with Crippen LogP contribution in [0.3, 0.4) is 0 Å². The lowest BCUT2D eigenvalue weighted by atomic mass is 9.70. The van der Waals surface area contributed by atoms with Crippen LogP contribution >= 0.6 is 0 Å². The minimum Gasteiger partial charge on any atom is -0.344 e. The Labute approximate surface area is 354 Å². The van der Waals surface area contributed by atoms with Gasteiger partial charge >= 0.3 is 0 Å². The van der Waals surface area contributed by atoms with Gasteiger partial charge in [0.1, 0.15) is 12.0 Å². The number of fused-ring (bicyclic) bond motifs is 16. The van der Waals surface area contributed by atoms with E-state index in [0.29, 0.717) is 0 Å². The Morgan fingerprint density at radius 3 is 1.56 bits per heavy atom. The van der Waals surface area contributed by atoms with E-state index in [2.05, 4.69) is 193 Å². The minimum atomic E-state index is -0.495. The summed E-state index contributed by atoms with van der Waals surface area (Å²) in [7, 11) is 0. The maximum absolute atomic E-state index is 5.15. The third kappa shape index (κ3) is 4.92. The highest BCUT2D eigenvalue weighted by molar-refractivity contribution is 6.26. The zero-order valence-electron chi connectivity index (χ0n) is 33.2. The fraction of sp³-hybridized carbons (Fsp3) is 0.0345. The van der Waals surface area contributed by atoms with Crippen LogP contribution < -0.4 is 5.32 Å². The van der Waals surface area contributed by atoms with Crippen LogP contribution in [0.5, 0.6) is 0 Å². The molecule has 0 aromatic heterocycles. The lowest BCUT2D eigenvalue weighted by molar-refractivity contribution is 0.674. The molecule has 0 bridgehead atoms. The SMILES string of the molecule is c1ccc(C2=NC(c3ccccc3)NC(c3cccc(-c4ccc5c(c4)C4(c6ccccc6-5)c5ccccc5-c5cc6c7ccccc7c7ccccc7c6cc54)c3)=N2)cc1. The van der Waals surface area contributed by atoms with E-state index >= 15 is 0 Å². The Morgan fingerprint density at radius 2 is 0.852 bits per heavy atom. The predicted molar refractivity (Wildman–Crippen MR) is 253 cm³/mol. The second-order valence-electron chi connectivity index (χ2n) is 16.5. The van der Waals surface area contributed by atoms with E-state index in [4.69, 9.17) is 9.98 Å². The molecule has 0 fully saturated rings. The molecule has 10 aromatic rings. The lowest BCUT2D eigenvalue weighted by Gasteiger charge is -2.31. The van der Waals surface area contributed by atoms with Gasteiger partial charge in [0.15, 0.2) is 5.84 Å². The molecule has 10 aromatic carbocycles. The number of benzene rings is 10. The molecule has 0 saturated carbocycles. The number of hydrogen-bond acceptors (Lipinski definition) is 3.